The van der Waals surface area contributed by atoms with Crippen LogP contribution in [0.4, 0.5) is 13.2 Å². The lowest BCUT2D eigenvalue weighted by Gasteiger charge is -2.32. The molecule has 7 heteroatoms. The maximum Gasteiger partial charge on any atom is 0.416 e. The number of carbonyl (C=O) groups excluding carboxylic acids is 1. The second kappa shape index (κ2) is 5.61. The molecule has 0 atom stereocenters. The molecule has 0 aromatic heterocycles. The van der Waals surface area contributed by atoms with Crippen LogP contribution < -0.4 is 0 Å². The first-order valence-corrected chi connectivity index (χ1v) is 6.51. The molecule has 1 aliphatic rings. The predicted octanol–water partition coefficient (Wildman–Crippen LogP) is 2.75. The van der Waals surface area contributed by atoms with Gasteiger partial charge in [-0.25, -0.2) is 0 Å². The molecule has 0 spiro atoms. The van der Waals surface area contributed by atoms with E-state index in [1.54, 1.807) is 0 Å². The number of piperazine rings is 1. The van der Waals surface area contributed by atoms with E-state index >= 15 is 0 Å². The van der Waals surface area contributed by atoms with Gasteiger partial charge in [-0.2, -0.15) is 13.2 Å². The van der Waals surface area contributed by atoms with Gasteiger partial charge in [0.25, 0.3) is 5.91 Å². The summed E-state index contributed by atoms with van der Waals surface area (Å²) in [5.74, 6) is -0.450. The highest BCUT2D eigenvalue weighted by molar-refractivity contribution is 6.33. The molecule has 0 N–H and O–H groups in total. The average Bonchev–Trinajstić information content (AvgIpc) is 2.38. The highest BCUT2D eigenvalue weighted by Crippen LogP contribution is 2.32. The van der Waals surface area contributed by atoms with Crippen molar-refractivity contribution in [2.45, 2.75) is 6.18 Å². The van der Waals surface area contributed by atoms with Crippen LogP contribution in [0.3, 0.4) is 0 Å². The minimum atomic E-state index is -4.48. The van der Waals surface area contributed by atoms with Crippen molar-refractivity contribution in [1.29, 1.82) is 0 Å². The molecule has 1 fully saturated rings. The maximum atomic E-state index is 12.7. The van der Waals surface area contributed by atoms with Crippen LogP contribution in [0, 0.1) is 0 Å². The summed E-state index contributed by atoms with van der Waals surface area (Å²) in [6.07, 6.45) is -4.48. The van der Waals surface area contributed by atoms with Crippen molar-refractivity contribution in [2.24, 2.45) is 0 Å². The molecule has 1 heterocycles. The lowest BCUT2D eigenvalue weighted by Crippen LogP contribution is -2.47. The summed E-state index contributed by atoms with van der Waals surface area (Å²) in [5, 5.41) is 0.0435. The first kappa shape index (κ1) is 15.1. The second-order valence-corrected chi connectivity index (χ2v) is 5.20. The van der Waals surface area contributed by atoms with Gasteiger partial charge in [-0.3, -0.25) is 4.79 Å². The Balaban J connectivity index is 2.25. The monoisotopic (exact) mass is 306 g/mol. The van der Waals surface area contributed by atoms with E-state index in [2.05, 4.69) is 4.90 Å². The van der Waals surface area contributed by atoms with Crippen molar-refractivity contribution in [2.75, 3.05) is 33.2 Å². The fourth-order valence-corrected chi connectivity index (χ4v) is 2.24. The highest BCUT2D eigenvalue weighted by atomic mass is 35.5. The molecular weight excluding hydrogens is 293 g/mol. The molecular formula is C13H14ClF3N2O. The number of hydrogen-bond acceptors (Lipinski definition) is 2. The van der Waals surface area contributed by atoms with Gasteiger partial charge in [-0.15, -0.1) is 0 Å². The number of benzene rings is 1. The largest absolute Gasteiger partial charge is 0.416 e. The first-order valence-electron chi connectivity index (χ1n) is 6.13. The number of carbonyl (C=O) groups is 1. The molecule has 20 heavy (non-hydrogen) atoms. The zero-order chi connectivity index (χ0) is 14.9. The zero-order valence-corrected chi connectivity index (χ0v) is 11.6. The van der Waals surface area contributed by atoms with E-state index in [4.69, 9.17) is 11.6 Å². The van der Waals surface area contributed by atoms with Gasteiger partial charge in [0.15, 0.2) is 0 Å². The summed E-state index contributed by atoms with van der Waals surface area (Å²) in [7, 11) is 1.93. The van der Waals surface area contributed by atoms with Gasteiger partial charge in [0.1, 0.15) is 0 Å². The number of hydrogen-bond donors (Lipinski definition) is 0. The number of likely N-dealkylation sites (N-methyl/N-ethyl adjacent to an activating group) is 1. The molecule has 1 amide bonds. The Morgan fingerprint density at radius 3 is 2.35 bits per heavy atom. The Bertz CT molecular complexity index is 511. The fourth-order valence-electron chi connectivity index (χ4n) is 2.05. The van der Waals surface area contributed by atoms with Crippen LogP contribution in [-0.4, -0.2) is 48.9 Å². The Morgan fingerprint density at radius 1 is 1.20 bits per heavy atom. The SMILES string of the molecule is CN1CCN(C(=O)c2cc(C(F)(F)F)ccc2Cl)CC1. The Hall–Kier alpha value is -1.27. The minimum absolute atomic E-state index is 0.0435. The number of nitrogens with zero attached hydrogens (tertiary/aromatic N) is 2. The van der Waals surface area contributed by atoms with E-state index < -0.39 is 17.6 Å². The van der Waals surface area contributed by atoms with Gasteiger partial charge in [0.05, 0.1) is 16.1 Å². The van der Waals surface area contributed by atoms with Gasteiger partial charge in [0, 0.05) is 26.2 Å². The maximum absolute atomic E-state index is 12.7. The molecule has 3 nitrogen and oxygen atoms in total. The predicted molar refractivity (Wildman–Crippen MR) is 69.9 cm³/mol. The molecule has 0 aliphatic carbocycles. The van der Waals surface area contributed by atoms with Crippen molar-refractivity contribution in [3.63, 3.8) is 0 Å². The summed E-state index contributed by atoms with van der Waals surface area (Å²) in [6.45, 7) is 2.37. The summed E-state index contributed by atoms with van der Waals surface area (Å²) in [5.41, 5.74) is -0.953. The molecule has 0 saturated carbocycles. The van der Waals surface area contributed by atoms with E-state index in [0.29, 0.717) is 26.2 Å². The van der Waals surface area contributed by atoms with E-state index in [1.165, 1.54) is 4.90 Å². The van der Waals surface area contributed by atoms with Gasteiger partial charge >= 0.3 is 6.18 Å². The third-order valence-electron chi connectivity index (χ3n) is 3.31. The van der Waals surface area contributed by atoms with Crippen LogP contribution in [0.1, 0.15) is 15.9 Å². The van der Waals surface area contributed by atoms with Crippen molar-refractivity contribution >= 4 is 17.5 Å². The van der Waals surface area contributed by atoms with Crippen LogP contribution in [0.15, 0.2) is 18.2 Å². The van der Waals surface area contributed by atoms with Crippen molar-refractivity contribution in [3.8, 4) is 0 Å². The topological polar surface area (TPSA) is 23.6 Å². The molecule has 1 saturated heterocycles. The summed E-state index contributed by atoms with van der Waals surface area (Å²) in [4.78, 5) is 15.8. The Kier molecular flexibility index (Phi) is 4.25. The number of amides is 1. The van der Waals surface area contributed by atoms with Crippen LogP contribution in [0.5, 0.6) is 0 Å². The number of rotatable bonds is 1. The van der Waals surface area contributed by atoms with Gasteiger partial charge in [0.2, 0.25) is 0 Å². The number of halogens is 4. The summed E-state index contributed by atoms with van der Waals surface area (Å²) in [6, 6.07) is 2.82. The minimum Gasteiger partial charge on any atom is -0.336 e. The lowest BCUT2D eigenvalue weighted by atomic mass is 10.1. The summed E-state index contributed by atoms with van der Waals surface area (Å²) >= 11 is 5.86. The van der Waals surface area contributed by atoms with Gasteiger partial charge in [-0.1, -0.05) is 11.6 Å². The fraction of sp³-hybridized carbons (Fsp3) is 0.462. The Morgan fingerprint density at radius 2 is 1.80 bits per heavy atom. The van der Waals surface area contributed by atoms with E-state index in [-0.39, 0.29) is 10.6 Å². The van der Waals surface area contributed by atoms with Crippen LogP contribution in [0.25, 0.3) is 0 Å². The third kappa shape index (κ3) is 3.24. The quantitative estimate of drug-likeness (QED) is 0.796. The van der Waals surface area contributed by atoms with Gasteiger partial charge < -0.3 is 9.80 Å². The highest BCUT2D eigenvalue weighted by Gasteiger charge is 2.32. The second-order valence-electron chi connectivity index (χ2n) is 4.79. The van der Waals surface area contributed by atoms with Crippen molar-refractivity contribution in [3.05, 3.63) is 34.3 Å². The van der Waals surface area contributed by atoms with E-state index in [1.807, 2.05) is 7.05 Å². The number of alkyl halides is 3. The van der Waals surface area contributed by atoms with Crippen molar-refractivity contribution < 1.29 is 18.0 Å². The van der Waals surface area contributed by atoms with Crippen LogP contribution in [-0.2, 0) is 6.18 Å². The molecule has 1 aromatic carbocycles. The molecule has 0 unspecified atom stereocenters. The lowest BCUT2D eigenvalue weighted by molar-refractivity contribution is -0.137. The molecule has 1 aliphatic heterocycles. The molecule has 110 valence electrons. The molecule has 2 rings (SSSR count). The normalized spacial score (nSPS) is 17.4. The standard InChI is InChI=1S/C13H14ClF3N2O/c1-18-4-6-19(7-5-18)12(20)10-8-9(13(15,16)17)2-3-11(10)14/h2-3,8H,4-7H2,1H3. The summed E-state index contributed by atoms with van der Waals surface area (Å²) < 4.78 is 38.0. The van der Waals surface area contributed by atoms with Crippen molar-refractivity contribution in [1.82, 2.24) is 9.80 Å². The first-order chi connectivity index (χ1) is 9.29. The zero-order valence-electron chi connectivity index (χ0n) is 10.9. The molecule has 1 aromatic rings. The third-order valence-corrected chi connectivity index (χ3v) is 3.64. The van der Waals surface area contributed by atoms with Crippen LogP contribution >= 0.6 is 11.6 Å². The van der Waals surface area contributed by atoms with Crippen LogP contribution in [0.2, 0.25) is 5.02 Å². The molecule has 0 radical (unpaired) electrons. The molecule has 0 bridgehead atoms. The van der Waals surface area contributed by atoms with E-state index in [9.17, 15) is 18.0 Å². The van der Waals surface area contributed by atoms with Gasteiger partial charge in [-0.05, 0) is 25.2 Å². The smallest absolute Gasteiger partial charge is 0.336 e. The Labute approximate surface area is 119 Å². The van der Waals surface area contributed by atoms with E-state index in [0.717, 1.165) is 18.2 Å². The average molecular weight is 307 g/mol.